The van der Waals surface area contributed by atoms with Crippen LogP contribution in [0.2, 0.25) is 0 Å². The number of para-hydroxylation sites is 1. The molecule has 1 aliphatic heterocycles. The Morgan fingerprint density at radius 1 is 1.08 bits per heavy atom. The zero-order chi connectivity index (χ0) is 24.9. The van der Waals surface area contributed by atoms with Crippen molar-refractivity contribution in [2.45, 2.75) is 45.1 Å². The molecule has 0 radical (unpaired) electrons. The summed E-state index contributed by atoms with van der Waals surface area (Å²) in [7, 11) is 0. The number of carbonyl (C=O) groups excluding carboxylic acids is 2. The van der Waals surface area contributed by atoms with Gasteiger partial charge in [-0.05, 0) is 98.3 Å². The van der Waals surface area contributed by atoms with Crippen LogP contribution in [0.5, 0.6) is 5.75 Å². The molecule has 0 spiro atoms. The third-order valence-electron chi connectivity index (χ3n) is 8.04. The van der Waals surface area contributed by atoms with Gasteiger partial charge in [-0.15, -0.1) is 0 Å². The summed E-state index contributed by atoms with van der Waals surface area (Å²) in [4.78, 5) is 27.2. The van der Waals surface area contributed by atoms with Gasteiger partial charge >= 0.3 is 0 Å². The van der Waals surface area contributed by atoms with Gasteiger partial charge in [-0.2, -0.15) is 5.01 Å². The molecule has 1 heterocycles. The summed E-state index contributed by atoms with van der Waals surface area (Å²) in [6.45, 7) is 0.271. The van der Waals surface area contributed by atoms with Crippen molar-refractivity contribution in [2.24, 2.45) is 23.2 Å². The van der Waals surface area contributed by atoms with Gasteiger partial charge in [0, 0.05) is 5.56 Å². The minimum atomic E-state index is -0.359. The van der Waals surface area contributed by atoms with E-state index in [1.165, 1.54) is 48.2 Å². The van der Waals surface area contributed by atoms with Gasteiger partial charge in [-0.3, -0.25) is 15.0 Å². The van der Waals surface area contributed by atoms with Crippen LogP contribution in [-0.2, 0) is 16.2 Å². The molecule has 186 valence electrons. The first-order chi connectivity index (χ1) is 17.4. The second kappa shape index (κ2) is 9.30. The monoisotopic (exact) mass is 522 g/mol. The van der Waals surface area contributed by atoms with Crippen LogP contribution < -0.4 is 10.2 Å². The fraction of sp³-hybridized carbons (Fsp3) is 0.393. The minimum absolute atomic E-state index is 0.0535. The lowest BCUT2D eigenvalue weighted by Gasteiger charge is -2.55. The molecule has 2 aromatic rings. The zero-order valence-electron chi connectivity index (χ0n) is 19.7. The van der Waals surface area contributed by atoms with E-state index in [9.17, 15) is 14.0 Å². The average Bonchev–Trinajstić information content (AvgIpc) is 3.11. The van der Waals surface area contributed by atoms with E-state index in [0.717, 1.165) is 30.4 Å². The number of thiocarbonyl (C=S) groups is 1. The number of hydrazine groups is 1. The summed E-state index contributed by atoms with van der Waals surface area (Å²) in [5, 5.41) is 1.24. The first-order valence-corrected chi connectivity index (χ1v) is 13.7. The molecule has 4 bridgehead atoms. The fourth-order valence-corrected chi connectivity index (χ4v) is 7.96. The Morgan fingerprint density at radius 3 is 2.39 bits per heavy atom. The summed E-state index contributed by atoms with van der Waals surface area (Å²) in [6.07, 6.45) is 8.27. The number of thioether (sulfide) groups is 1. The van der Waals surface area contributed by atoms with E-state index < -0.39 is 0 Å². The Balaban J connectivity index is 1.16. The van der Waals surface area contributed by atoms with Gasteiger partial charge in [0.1, 0.15) is 18.2 Å². The molecule has 2 amide bonds. The predicted octanol–water partition coefficient (Wildman–Crippen LogP) is 5.85. The highest BCUT2D eigenvalue weighted by atomic mass is 32.2. The summed E-state index contributed by atoms with van der Waals surface area (Å²) in [5.74, 6) is 1.85. The van der Waals surface area contributed by atoms with Gasteiger partial charge in [0.15, 0.2) is 4.32 Å². The van der Waals surface area contributed by atoms with Gasteiger partial charge in [-0.25, -0.2) is 4.39 Å². The SMILES string of the molecule is O=C1/C(=C\c2ccccc2OCc2ccc(F)cc2)SC(=S)N1NC(=O)C12CC3CC(CC(C3)C1)C2. The van der Waals surface area contributed by atoms with Crippen molar-refractivity contribution in [3.05, 3.63) is 70.4 Å². The van der Waals surface area contributed by atoms with E-state index in [1.54, 1.807) is 18.2 Å². The number of amides is 2. The van der Waals surface area contributed by atoms with E-state index in [-0.39, 0.29) is 29.7 Å². The number of ether oxygens (including phenoxy) is 1. The molecule has 8 heteroatoms. The third kappa shape index (κ3) is 4.45. The van der Waals surface area contributed by atoms with Crippen molar-refractivity contribution in [1.29, 1.82) is 0 Å². The first kappa shape index (κ1) is 23.7. The normalized spacial score (nSPS) is 29.8. The van der Waals surface area contributed by atoms with Crippen LogP contribution in [-0.4, -0.2) is 21.1 Å². The number of halogens is 1. The molecule has 0 unspecified atom stereocenters. The zero-order valence-corrected chi connectivity index (χ0v) is 21.4. The summed E-state index contributed by atoms with van der Waals surface area (Å²) in [5.41, 5.74) is 4.11. The average molecular weight is 523 g/mol. The number of carbonyl (C=O) groups is 2. The Morgan fingerprint density at radius 2 is 1.72 bits per heavy atom. The fourth-order valence-electron chi connectivity index (χ4n) is 6.79. The minimum Gasteiger partial charge on any atom is -0.488 e. The number of nitrogens with one attached hydrogen (secondary N) is 1. The van der Waals surface area contributed by atoms with Crippen molar-refractivity contribution >= 4 is 46.2 Å². The molecular weight excluding hydrogens is 495 g/mol. The number of hydrogen-bond donors (Lipinski definition) is 1. The van der Waals surface area contributed by atoms with Crippen LogP contribution in [0, 0.1) is 29.0 Å². The number of hydrogen-bond acceptors (Lipinski definition) is 5. The first-order valence-electron chi connectivity index (χ1n) is 12.4. The number of benzene rings is 2. The Hall–Kier alpha value is -2.71. The second-order valence-corrected chi connectivity index (χ2v) is 12.3. The lowest BCUT2D eigenvalue weighted by atomic mass is 9.49. The third-order valence-corrected chi connectivity index (χ3v) is 9.34. The Labute approximate surface area is 219 Å². The summed E-state index contributed by atoms with van der Waals surface area (Å²) >= 11 is 6.66. The predicted molar refractivity (Wildman–Crippen MR) is 141 cm³/mol. The number of rotatable bonds is 6. The maximum atomic E-state index is 13.5. The maximum Gasteiger partial charge on any atom is 0.285 e. The number of nitrogens with zero attached hydrogens (tertiary/aromatic N) is 1. The van der Waals surface area contributed by atoms with Crippen LogP contribution in [0.15, 0.2) is 53.4 Å². The highest BCUT2D eigenvalue weighted by molar-refractivity contribution is 8.26. The van der Waals surface area contributed by atoms with Crippen LogP contribution in [0.1, 0.15) is 49.7 Å². The van der Waals surface area contributed by atoms with Crippen molar-refractivity contribution < 1.29 is 18.7 Å². The topological polar surface area (TPSA) is 58.6 Å². The van der Waals surface area contributed by atoms with Crippen molar-refractivity contribution in [3.8, 4) is 5.75 Å². The van der Waals surface area contributed by atoms with E-state index in [0.29, 0.717) is 32.7 Å². The molecule has 7 rings (SSSR count). The van der Waals surface area contributed by atoms with Crippen LogP contribution in [0.4, 0.5) is 4.39 Å². The summed E-state index contributed by atoms with van der Waals surface area (Å²) < 4.78 is 19.5. The second-order valence-electron chi connectivity index (χ2n) is 10.6. The van der Waals surface area contributed by atoms with Gasteiger partial charge in [0.25, 0.3) is 5.91 Å². The molecule has 2 aromatic carbocycles. The van der Waals surface area contributed by atoms with E-state index in [2.05, 4.69) is 5.43 Å². The van der Waals surface area contributed by atoms with Crippen molar-refractivity contribution in [1.82, 2.24) is 10.4 Å². The van der Waals surface area contributed by atoms with E-state index >= 15 is 0 Å². The molecule has 4 aliphatic carbocycles. The summed E-state index contributed by atoms with van der Waals surface area (Å²) in [6, 6.07) is 13.6. The van der Waals surface area contributed by atoms with Crippen LogP contribution in [0.25, 0.3) is 6.08 Å². The largest absolute Gasteiger partial charge is 0.488 e. The quantitative estimate of drug-likeness (QED) is 0.381. The molecule has 1 saturated heterocycles. The van der Waals surface area contributed by atoms with Gasteiger partial charge in [-0.1, -0.05) is 42.1 Å². The van der Waals surface area contributed by atoms with Crippen LogP contribution in [0.3, 0.4) is 0 Å². The highest BCUT2D eigenvalue weighted by Crippen LogP contribution is 2.60. The van der Waals surface area contributed by atoms with Gasteiger partial charge in [0.2, 0.25) is 5.91 Å². The molecule has 4 saturated carbocycles. The molecule has 36 heavy (non-hydrogen) atoms. The molecule has 1 N–H and O–H groups in total. The molecule has 5 nitrogen and oxygen atoms in total. The van der Waals surface area contributed by atoms with Crippen molar-refractivity contribution in [2.75, 3.05) is 0 Å². The Kier molecular flexibility index (Phi) is 6.12. The van der Waals surface area contributed by atoms with Crippen molar-refractivity contribution in [3.63, 3.8) is 0 Å². The van der Waals surface area contributed by atoms with E-state index in [1.807, 2.05) is 24.3 Å². The highest BCUT2D eigenvalue weighted by Gasteiger charge is 2.55. The Bertz CT molecular complexity index is 1220. The molecule has 0 aromatic heterocycles. The van der Waals surface area contributed by atoms with Gasteiger partial charge < -0.3 is 4.74 Å². The lowest BCUT2D eigenvalue weighted by Crippen LogP contribution is -2.57. The molecule has 0 atom stereocenters. The van der Waals surface area contributed by atoms with Crippen LogP contribution >= 0.6 is 24.0 Å². The van der Waals surface area contributed by atoms with E-state index in [4.69, 9.17) is 17.0 Å². The molecule has 5 aliphatic rings. The standard InChI is InChI=1S/C28H27FN2O3S2/c29-22-7-5-17(6-8-22)16-34-23-4-2-1-3-21(23)12-24-25(32)31(27(35)36-24)30-26(33)28-13-18-9-19(14-28)11-20(10-18)15-28/h1-8,12,18-20H,9-11,13-16H2,(H,30,33)/b24-12+. The smallest absolute Gasteiger partial charge is 0.285 e. The molecule has 5 fully saturated rings. The maximum absolute atomic E-state index is 13.5. The molecular formula is C28H27FN2O3S2. The van der Waals surface area contributed by atoms with Gasteiger partial charge in [0.05, 0.1) is 10.3 Å². The lowest BCUT2D eigenvalue weighted by molar-refractivity contribution is -0.152.